The van der Waals surface area contributed by atoms with Crippen LogP contribution < -0.4 is 0 Å². The van der Waals surface area contributed by atoms with E-state index in [4.69, 9.17) is 0 Å². The normalized spacial score (nSPS) is 21.9. The maximum atomic E-state index is 12.3. The first-order chi connectivity index (χ1) is 9.50. The number of rotatable bonds is 4. The number of hydrogen-bond acceptors (Lipinski definition) is 4. The Hall–Kier alpha value is -2.11. The summed E-state index contributed by atoms with van der Waals surface area (Å²) in [5.41, 5.74) is -0.690. The van der Waals surface area contributed by atoms with Gasteiger partial charge in [-0.25, -0.2) is 0 Å². The van der Waals surface area contributed by atoms with Gasteiger partial charge in [-0.2, -0.15) is 0 Å². The monoisotopic (exact) mass is 278 g/mol. The number of hydrogen-bond donors (Lipinski definition) is 2. The summed E-state index contributed by atoms with van der Waals surface area (Å²) in [6, 6.07) is 1.44. The lowest BCUT2D eigenvalue weighted by Gasteiger charge is -2.24. The average molecular weight is 278 g/mol. The van der Waals surface area contributed by atoms with E-state index in [-0.39, 0.29) is 23.8 Å². The van der Waals surface area contributed by atoms with Crippen LogP contribution in [0.5, 0.6) is 5.75 Å². The standard InChI is InChI=1S/C14H18N2O4/c1-2-4-14(13(19)20)5-7-16(9-14)12(18)10-3-6-15-8-11(10)17/h3,6,8,17H,2,4-5,7,9H2,1H3,(H,19,20). The first kappa shape index (κ1) is 14.3. The van der Waals surface area contributed by atoms with Gasteiger partial charge in [0.05, 0.1) is 17.2 Å². The largest absolute Gasteiger partial charge is 0.505 e. The van der Waals surface area contributed by atoms with Crippen LogP contribution in [0.1, 0.15) is 36.5 Å². The Morgan fingerprint density at radius 2 is 2.25 bits per heavy atom. The fraction of sp³-hybridized carbons (Fsp3) is 0.500. The van der Waals surface area contributed by atoms with Crippen molar-refractivity contribution in [2.24, 2.45) is 5.41 Å². The third-order valence-corrected chi connectivity index (χ3v) is 3.85. The lowest BCUT2D eigenvalue weighted by Crippen LogP contribution is -2.37. The van der Waals surface area contributed by atoms with Crippen molar-refractivity contribution < 1.29 is 19.8 Å². The number of carbonyl (C=O) groups excluding carboxylic acids is 1. The number of carbonyl (C=O) groups is 2. The molecule has 1 aliphatic rings. The number of aromatic nitrogens is 1. The van der Waals surface area contributed by atoms with E-state index in [2.05, 4.69) is 4.98 Å². The number of nitrogens with zero attached hydrogens (tertiary/aromatic N) is 2. The van der Waals surface area contributed by atoms with Crippen molar-refractivity contribution in [2.45, 2.75) is 26.2 Å². The molecule has 1 aliphatic heterocycles. The maximum Gasteiger partial charge on any atom is 0.311 e. The highest BCUT2D eigenvalue weighted by Gasteiger charge is 2.45. The van der Waals surface area contributed by atoms with Crippen molar-refractivity contribution in [3.63, 3.8) is 0 Å². The molecule has 0 spiro atoms. The van der Waals surface area contributed by atoms with Crippen LogP contribution in [0.15, 0.2) is 18.5 Å². The molecule has 6 nitrogen and oxygen atoms in total. The molecule has 1 unspecified atom stereocenters. The number of aromatic hydroxyl groups is 1. The summed E-state index contributed by atoms with van der Waals surface area (Å²) in [5.74, 6) is -1.38. The predicted octanol–water partition coefficient (Wildman–Crippen LogP) is 1.50. The SMILES string of the molecule is CCCC1(C(=O)O)CCN(C(=O)c2ccncc2O)C1. The first-order valence-electron chi connectivity index (χ1n) is 6.66. The molecule has 2 rings (SSSR count). The fourth-order valence-electron chi connectivity index (χ4n) is 2.75. The van der Waals surface area contributed by atoms with Crippen molar-refractivity contribution >= 4 is 11.9 Å². The van der Waals surface area contributed by atoms with E-state index in [1.165, 1.54) is 23.4 Å². The topological polar surface area (TPSA) is 90.7 Å². The maximum absolute atomic E-state index is 12.3. The van der Waals surface area contributed by atoms with Gasteiger partial charge in [-0.05, 0) is 18.9 Å². The highest BCUT2D eigenvalue weighted by molar-refractivity contribution is 5.97. The lowest BCUT2D eigenvalue weighted by molar-refractivity contribution is -0.148. The zero-order chi connectivity index (χ0) is 14.8. The van der Waals surface area contributed by atoms with Crippen molar-refractivity contribution in [3.05, 3.63) is 24.0 Å². The Balaban J connectivity index is 2.19. The summed E-state index contributed by atoms with van der Waals surface area (Å²) in [6.07, 6.45) is 4.40. The third-order valence-electron chi connectivity index (χ3n) is 3.85. The molecule has 0 saturated carbocycles. The second kappa shape index (κ2) is 5.48. The van der Waals surface area contributed by atoms with Crippen molar-refractivity contribution in [2.75, 3.05) is 13.1 Å². The molecular weight excluding hydrogens is 260 g/mol. The summed E-state index contributed by atoms with van der Waals surface area (Å²) in [6.45, 7) is 2.52. The molecule has 1 aromatic rings. The van der Waals surface area contributed by atoms with Gasteiger partial charge in [-0.1, -0.05) is 13.3 Å². The molecule has 20 heavy (non-hydrogen) atoms. The van der Waals surface area contributed by atoms with Gasteiger partial charge in [-0.15, -0.1) is 0 Å². The molecule has 0 bridgehead atoms. The van der Waals surface area contributed by atoms with E-state index in [0.29, 0.717) is 19.4 Å². The number of carboxylic acid groups (broad SMARTS) is 1. The van der Waals surface area contributed by atoms with Crippen LogP contribution in [0.25, 0.3) is 0 Å². The molecule has 108 valence electrons. The summed E-state index contributed by atoms with van der Waals surface area (Å²) in [5, 5.41) is 19.1. The Morgan fingerprint density at radius 1 is 1.50 bits per heavy atom. The molecule has 2 N–H and O–H groups in total. The van der Waals surface area contributed by atoms with Crippen molar-refractivity contribution in [1.82, 2.24) is 9.88 Å². The number of carboxylic acids is 1. The Morgan fingerprint density at radius 3 is 2.85 bits per heavy atom. The molecule has 2 heterocycles. The van der Waals surface area contributed by atoms with Gasteiger partial charge in [0.25, 0.3) is 5.91 Å². The highest BCUT2D eigenvalue weighted by atomic mass is 16.4. The molecule has 0 radical (unpaired) electrons. The first-order valence-corrected chi connectivity index (χ1v) is 6.66. The molecule has 1 amide bonds. The van der Waals surface area contributed by atoms with Crippen LogP contribution >= 0.6 is 0 Å². The number of aliphatic carboxylic acids is 1. The fourth-order valence-corrected chi connectivity index (χ4v) is 2.75. The van der Waals surface area contributed by atoms with Crippen molar-refractivity contribution in [1.29, 1.82) is 0 Å². The summed E-state index contributed by atoms with van der Waals surface area (Å²) < 4.78 is 0. The van der Waals surface area contributed by atoms with Crippen LogP contribution in [-0.4, -0.2) is 45.1 Å². The van der Waals surface area contributed by atoms with E-state index in [1.807, 2.05) is 6.92 Å². The van der Waals surface area contributed by atoms with E-state index in [1.54, 1.807) is 0 Å². The van der Waals surface area contributed by atoms with Gasteiger partial charge >= 0.3 is 5.97 Å². The van der Waals surface area contributed by atoms with Gasteiger partial charge in [0.2, 0.25) is 0 Å². The van der Waals surface area contributed by atoms with Crippen LogP contribution in [0.3, 0.4) is 0 Å². The molecule has 1 aromatic heterocycles. The quantitative estimate of drug-likeness (QED) is 0.871. The van der Waals surface area contributed by atoms with Gasteiger partial charge in [0.1, 0.15) is 5.75 Å². The minimum absolute atomic E-state index is 0.165. The number of amides is 1. The van der Waals surface area contributed by atoms with Crippen LogP contribution in [0.2, 0.25) is 0 Å². The van der Waals surface area contributed by atoms with E-state index >= 15 is 0 Å². The third kappa shape index (κ3) is 2.45. The molecule has 1 fully saturated rings. The van der Waals surface area contributed by atoms with Gasteiger partial charge in [-0.3, -0.25) is 14.6 Å². The van der Waals surface area contributed by atoms with Gasteiger partial charge < -0.3 is 15.1 Å². The van der Waals surface area contributed by atoms with Crippen molar-refractivity contribution in [3.8, 4) is 5.75 Å². The summed E-state index contributed by atoms with van der Waals surface area (Å²) in [4.78, 5) is 29.0. The summed E-state index contributed by atoms with van der Waals surface area (Å²) in [7, 11) is 0. The molecule has 1 atom stereocenters. The Kier molecular flexibility index (Phi) is 3.92. The summed E-state index contributed by atoms with van der Waals surface area (Å²) >= 11 is 0. The Bertz CT molecular complexity index is 532. The van der Waals surface area contributed by atoms with Crippen LogP contribution in [-0.2, 0) is 4.79 Å². The number of pyridine rings is 1. The van der Waals surface area contributed by atoms with Gasteiger partial charge in [0.15, 0.2) is 0 Å². The lowest BCUT2D eigenvalue weighted by atomic mass is 9.83. The number of likely N-dealkylation sites (tertiary alicyclic amines) is 1. The zero-order valence-corrected chi connectivity index (χ0v) is 11.4. The van der Waals surface area contributed by atoms with Crippen LogP contribution in [0, 0.1) is 5.41 Å². The zero-order valence-electron chi connectivity index (χ0n) is 11.4. The Labute approximate surface area is 117 Å². The predicted molar refractivity (Wildman–Crippen MR) is 71.4 cm³/mol. The van der Waals surface area contributed by atoms with Crippen LogP contribution in [0.4, 0.5) is 0 Å². The smallest absolute Gasteiger partial charge is 0.311 e. The van der Waals surface area contributed by atoms with Gasteiger partial charge in [0, 0.05) is 19.3 Å². The molecule has 6 heteroatoms. The molecule has 0 aromatic carbocycles. The minimum Gasteiger partial charge on any atom is -0.505 e. The second-order valence-electron chi connectivity index (χ2n) is 5.21. The van der Waals surface area contributed by atoms with E-state index < -0.39 is 11.4 Å². The molecular formula is C14H18N2O4. The molecule has 1 saturated heterocycles. The minimum atomic E-state index is -0.854. The average Bonchev–Trinajstić information content (AvgIpc) is 2.85. The van der Waals surface area contributed by atoms with E-state index in [9.17, 15) is 19.8 Å². The molecule has 0 aliphatic carbocycles. The second-order valence-corrected chi connectivity index (χ2v) is 5.21. The van der Waals surface area contributed by atoms with E-state index in [0.717, 1.165) is 6.42 Å². The highest BCUT2D eigenvalue weighted by Crippen LogP contribution is 2.36.